The molecule has 0 aliphatic carbocycles. The summed E-state index contributed by atoms with van der Waals surface area (Å²) in [6.45, 7) is 5.09. The van der Waals surface area contributed by atoms with Gasteiger partial charge in [0.1, 0.15) is 22.3 Å². The van der Waals surface area contributed by atoms with Crippen LogP contribution in [-0.4, -0.2) is 32.8 Å². The first-order valence-electron chi connectivity index (χ1n) is 8.78. The second-order valence-corrected chi connectivity index (χ2v) is 7.20. The van der Waals surface area contributed by atoms with Crippen LogP contribution in [0.4, 0.5) is 13.2 Å². The number of hydrogen-bond donors (Lipinski definition) is 1. The molecule has 31 heavy (non-hydrogen) atoms. The van der Waals surface area contributed by atoms with E-state index >= 15 is 0 Å². The quantitative estimate of drug-likeness (QED) is 0.604. The molecule has 0 spiro atoms. The number of amides is 1. The fourth-order valence-electron chi connectivity index (χ4n) is 2.80. The maximum atomic E-state index is 12.5. The van der Waals surface area contributed by atoms with Crippen molar-refractivity contribution in [2.75, 3.05) is 0 Å². The predicted molar refractivity (Wildman–Crippen MR) is 107 cm³/mol. The first kappa shape index (κ1) is 22.1. The Labute approximate surface area is 179 Å². The molecule has 160 valence electrons. The number of nitrogens with one attached hydrogen (secondary N) is 1. The highest BCUT2D eigenvalue weighted by Crippen LogP contribution is 2.24. The number of hydrogen-bond acceptors (Lipinski definition) is 5. The van der Waals surface area contributed by atoms with Crippen LogP contribution in [0.25, 0.3) is 17.1 Å². The normalized spacial score (nSPS) is 13.3. The summed E-state index contributed by atoms with van der Waals surface area (Å²) >= 11 is 6.05. The lowest BCUT2D eigenvalue weighted by Gasteiger charge is -2.22. The molecular weight excluding hydrogens is 435 g/mol. The Balaban J connectivity index is 1.78. The summed E-state index contributed by atoms with van der Waals surface area (Å²) in [5.41, 5.74) is 0.333. The third-order valence-electron chi connectivity index (χ3n) is 4.19. The summed E-state index contributed by atoms with van der Waals surface area (Å²) in [7, 11) is 0. The van der Waals surface area contributed by atoms with Gasteiger partial charge in [0.25, 0.3) is 5.91 Å². The highest BCUT2D eigenvalue weighted by Gasteiger charge is 2.31. The Morgan fingerprint density at radius 3 is 2.58 bits per heavy atom. The molecule has 1 atom stereocenters. The first-order valence-corrected chi connectivity index (χ1v) is 9.16. The summed E-state index contributed by atoms with van der Waals surface area (Å²) in [6, 6.07) is 9.62. The van der Waals surface area contributed by atoms with Crippen LogP contribution >= 0.6 is 11.6 Å². The number of rotatable bonds is 6. The number of aromatic nitrogens is 3. The number of carbonyl (C=O) groups is 1. The second kappa shape index (κ2) is 8.28. The first-order chi connectivity index (χ1) is 14.5. The van der Waals surface area contributed by atoms with E-state index in [0.29, 0.717) is 21.6 Å². The van der Waals surface area contributed by atoms with Crippen molar-refractivity contribution in [3.63, 3.8) is 0 Å². The predicted octanol–water partition coefficient (Wildman–Crippen LogP) is 4.34. The topological polar surface area (TPSA) is 92.8 Å². The molecule has 7 nitrogen and oxygen atoms in total. The van der Waals surface area contributed by atoms with E-state index in [2.05, 4.69) is 26.8 Å². The molecule has 0 fully saturated rings. The number of fused-ring (bicyclic) bond motifs is 1. The fraction of sp³-hybridized carbons (Fsp3) is 0.200. The Kier molecular flexibility index (Phi) is 5.90. The number of benzene rings is 2. The van der Waals surface area contributed by atoms with Gasteiger partial charge in [-0.2, -0.15) is 20.3 Å². The zero-order valence-corrected chi connectivity index (χ0v) is 16.8. The molecule has 1 heterocycles. The Morgan fingerprint density at radius 1 is 1.32 bits per heavy atom. The summed E-state index contributed by atoms with van der Waals surface area (Å²) in [5, 5.41) is 21.2. The van der Waals surface area contributed by atoms with E-state index in [-0.39, 0.29) is 12.1 Å². The Bertz CT molecular complexity index is 1180. The number of alkyl halides is 3. The van der Waals surface area contributed by atoms with Crippen molar-refractivity contribution >= 4 is 34.6 Å². The number of nitrogens with zero attached hydrogens (tertiary/aromatic N) is 4. The SMILES string of the molecule is C=Cc1cc(Cl)cc2nn(CC(C)(C#N)NC(=O)c3ccc(OC(F)(F)F)cc3)nc12. The second-order valence-electron chi connectivity index (χ2n) is 6.77. The van der Waals surface area contributed by atoms with Crippen LogP contribution in [-0.2, 0) is 6.54 Å². The molecule has 1 amide bonds. The van der Waals surface area contributed by atoms with Crippen LogP contribution in [0.3, 0.4) is 0 Å². The van der Waals surface area contributed by atoms with Crippen LogP contribution in [0.5, 0.6) is 5.75 Å². The highest BCUT2D eigenvalue weighted by molar-refractivity contribution is 6.31. The molecule has 0 bridgehead atoms. The molecule has 1 aromatic heterocycles. The molecule has 3 aromatic rings. The van der Waals surface area contributed by atoms with E-state index in [4.69, 9.17) is 11.6 Å². The van der Waals surface area contributed by atoms with Gasteiger partial charge in [-0.1, -0.05) is 24.3 Å². The Morgan fingerprint density at radius 2 is 2.00 bits per heavy atom. The molecule has 11 heteroatoms. The largest absolute Gasteiger partial charge is 0.573 e. The average Bonchev–Trinajstić information content (AvgIpc) is 3.08. The molecule has 3 rings (SSSR count). The van der Waals surface area contributed by atoms with Gasteiger partial charge < -0.3 is 10.1 Å². The van der Waals surface area contributed by atoms with Gasteiger partial charge in [0, 0.05) is 16.1 Å². The van der Waals surface area contributed by atoms with Gasteiger partial charge in [0.05, 0.1) is 12.6 Å². The van der Waals surface area contributed by atoms with Gasteiger partial charge >= 0.3 is 6.36 Å². The minimum Gasteiger partial charge on any atom is -0.406 e. The molecule has 0 aliphatic rings. The summed E-state index contributed by atoms with van der Waals surface area (Å²) in [5.74, 6) is -1.12. The van der Waals surface area contributed by atoms with E-state index in [1.54, 1.807) is 18.2 Å². The fourth-order valence-corrected chi connectivity index (χ4v) is 3.02. The monoisotopic (exact) mass is 449 g/mol. The van der Waals surface area contributed by atoms with E-state index in [1.165, 1.54) is 11.7 Å². The van der Waals surface area contributed by atoms with Crippen molar-refractivity contribution in [2.24, 2.45) is 0 Å². The van der Waals surface area contributed by atoms with Crippen molar-refractivity contribution < 1.29 is 22.7 Å². The van der Waals surface area contributed by atoms with Crippen molar-refractivity contribution in [3.05, 3.63) is 59.1 Å². The maximum absolute atomic E-state index is 12.5. The van der Waals surface area contributed by atoms with Gasteiger partial charge in [-0.25, -0.2) is 0 Å². The van der Waals surface area contributed by atoms with Gasteiger partial charge in [-0.05, 0) is 43.3 Å². The summed E-state index contributed by atoms with van der Waals surface area (Å²) in [6.07, 6.45) is -3.26. The highest BCUT2D eigenvalue weighted by atomic mass is 35.5. The van der Waals surface area contributed by atoms with E-state index in [1.807, 2.05) is 6.07 Å². The molecular formula is C20H15ClF3N5O2. The van der Waals surface area contributed by atoms with Crippen LogP contribution in [0.2, 0.25) is 5.02 Å². The lowest BCUT2D eigenvalue weighted by molar-refractivity contribution is -0.274. The molecule has 1 N–H and O–H groups in total. The van der Waals surface area contributed by atoms with E-state index in [0.717, 1.165) is 24.3 Å². The molecule has 1 unspecified atom stereocenters. The van der Waals surface area contributed by atoms with E-state index < -0.39 is 23.6 Å². The number of ether oxygens (including phenoxy) is 1. The molecule has 0 saturated heterocycles. The van der Waals surface area contributed by atoms with Crippen molar-refractivity contribution in [2.45, 2.75) is 25.4 Å². The minimum atomic E-state index is -4.83. The third kappa shape index (κ3) is 5.32. The molecule has 0 aliphatic heterocycles. The zero-order valence-electron chi connectivity index (χ0n) is 16.1. The van der Waals surface area contributed by atoms with Gasteiger partial charge in [0.15, 0.2) is 0 Å². The van der Waals surface area contributed by atoms with Crippen LogP contribution in [0.1, 0.15) is 22.8 Å². The lowest BCUT2D eigenvalue weighted by Crippen LogP contribution is -2.48. The van der Waals surface area contributed by atoms with Gasteiger partial charge in [-0.3, -0.25) is 4.79 Å². The lowest BCUT2D eigenvalue weighted by atomic mass is 10.0. The van der Waals surface area contributed by atoms with E-state index in [9.17, 15) is 23.2 Å². The van der Waals surface area contributed by atoms with Crippen molar-refractivity contribution in [3.8, 4) is 11.8 Å². The number of nitriles is 1. The maximum Gasteiger partial charge on any atom is 0.573 e. The minimum absolute atomic E-state index is 0.0512. The van der Waals surface area contributed by atoms with Gasteiger partial charge in [0.2, 0.25) is 0 Å². The standard InChI is InChI=1S/C20H15ClF3N5O2/c1-3-12-8-14(21)9-16-17(12)28-29(27-16)11-19(2,10-25)26-18(30)13-4-6-15(7-5-13)31-20(22,23)24/h3-9H,1,11H2,2H3,(H,26,30). The van der Waals surface area contributed by atoms with Crippen LogP contribution in [0.15, 0.2) is 43.0 Å². The van der Waals surface area contributed by atoms with Gasteiger partial charge in [-0.15, -0.1) is 13.2 Å². The van der Waals surface area contributed by atoms with Crippen molar-refractivity contribution in [1.82, 2.24) is 20.3 Å². The molecule has 0 radical (unpaired) electrons. The third-order valence-corrected chi connectivity index (χ3v) is 4.40. The van der Waals surface area contributed by atoms with Crippen LogP contribution < -0.4 is 10.1 Å². The zero-order chi connectivity index (χ0) is 22.8. The molecule has 2 aromatic carbocycles. The van der Waals surface area contributed by atoms with Crippen molar-refractivity contribution in [1.29, 1.82) is 5.26 Å². The number of carbonyl (C=O) groups excluding carboxylic acids is 1. The van der Waals surface area contributed by atoms with Crippen LogP contribution in [0, 0.1) is 11.3 Å². The average molecular weight is 450 g/mol. The number of halogens is 4. The smallest absolute Gasteiger partial charge is 0.406 e. The molecule has 0 saturated carbocycles. The summed E-state index contributed by atoms with van der Waals surface area (Å²) in [4.78, 5) is 13.8. The summed E-state index contributed by atoms with van der Waals surface area (Å²) < 4.78 is 40.5. The Hall–Kier alpha value is -3.58.